The third-order valence-electron chi connectivity index (χ3n) is 8.78. The average molecular weight is 599 g/mol. The van der Waals surface area contributed by atoms with Gasteiger partial charge in [-0.3, -0.25) is 14.6 Å². The molecule has 3 aromatic rings. The van der Waals surface area contributed by atoms with Gasteiger partial charge in [0.1, 0.15) is 17.5 Å². The molecule has 0 radical (unpaired) electrons. The number of amides is 1. The second-order valence-corrected chi connectivity index (χ2v) is 13.3. The van der Waals surface area contributed by atoms with E-state index in [1.165, 1.54) is 0 Å². The van der Waals surface area contributed by atoms with Gasteiger partial charge in [-0.15, -0.1) is 0 Å². The number of rotatable bonds is 8. The van der Waals surface area contributed by atoms with Gasteiger partial charge in [0.25, 0.3) is 5.91 Å². The van der Waals surface area contributed by atoms with Crippen LogP contribution >= 0.6 is 0 Å². The number of nitriles is 1. The van der Waals surface area contributed by atoms with Gasteiger partial charge in [-0.05, 0) is 73.6 Å². The highest BCUT2D eigenvalue weighted by Gasteiger charge is 2.44. The Kier molecular flexibility index (Phi) is 8.27. The van der Waals surface area contributed by atoms with Crippen LogP contribution < -0.4 is 20.3 Å². The van der Waals surface area contributed by atoms with Crippen LogP contribution in [-0.2, 0) is 9.53 Å². The van der Waals surface area contributed by atoms with Crippen molar-refractivity contribution in [1.29, 1.82) is 5.26 Å². The number of methoxy groups -OCH3 is 1. The Bertz CT molecular complexity index is 1580. The summed E-state index contributed by atoms with van der Waals surface area (Å²) in [5.74, 6) is 1.69. The summed E-state index contributed by atoms with van der Waals surface area (Å²) >= 11 is 0. The molecule has 4 heterocycles. The molecule has 11 nitrogen and oxygen atoms in total. The van der Waals surface area contributed by atoms with E-state index < -0.39 is 5.60 Å². The van der Waals surface area contributed by atoms with Crippen molar-refractivity contribution in [3.63, 3.8) is 0 Å². The summed E-state index contributed by atoms with van der Waals surface area (Å²) in [6.45, 7) is 13.2. The number of piperidine rings is 1. The first-order valence-corrected chi connectivity index (χ1v) is 14.9. The first-order valence-electron chi connectivity index (χ1n) is 14.9. The molecular formula is C33H42N8O3. The van der Waals surface area contributed by atoms with Crippen molar-refractivity contribution in [3.05, 3.63) is 48.3 Å². The van der Waals surface area contributed by atoms with Crippen LogP contribution in [0.5, 0.6) is 5.75 Å². The minimum absolute atomic E-state index is 0.0186. The van der Waals surface area contributed by atoms with Crippen LogP contribution in [0.4, 0.5) is 23.3 Å². The third kappa shape index (κ3) is 6.05. The van der Waals surface area contributed by atoms with Crippen LogP contribution in [0.1, 0.15) is 59.9 Å². The van der Waals surface area contributed by atoms with Gasteiger partial charge in [-0.1, -0.05) is 18.2 Å². The van der Waals surface area contributed by atoms with E-state index >= 15 is 0 Å². The quantitative estimate of drug-likeness (QED) is 0.349. The molecule has 1 aromatic carbocycles. The second-order valence-electron chi connectivity index (χ2n) is 13.3. The minimum Gasteiger partial charge on any atom is -0.474 e. The fraction of sp³-hybridized carbons (Fsp3) is 0.485. The van der Waals surface area contributed by atoms with Gasteiger partial charge < -0.3 is 20.1 Å². The van der Waals surface area contributed by atoms with Crippen molar-refractivity contribution < 1.29 is 14.3 Å². The van der Waals surface area contributed by atoms with Crippen LogP contribution in [0.25, 0.3) is 11.1 Å². The van der Waals surface area contributed by atoms with E-state index in [1.807, 2.05) is 30.3 Å². The first-order chi connectivity index (χ1) is 20.8. The molecule has 44 heavy (non-hydrogen) atoms. The minimum atomic E-state index is -1.04. The highest BCUT2D eigenvalue weighted by Crippen LogP contribution is 2.41. The van der Waals surface area contributed by atoms with E-state index in [1.54, 1.807) is 38.3 Å². The average Bonchev–Trinajstić information content (AvgIpc) is 2.96. The lowest BCUT2D eigenvalue weighted by atomic mass is 9.77. The van der Waals surface area contributed by atoms with Crippen molar-refractivity contribution in [3.8, 4) is 22.9 Å². The number of hydrogen-bond donors (Lipinski definition) is 2. The van der Waals surface area contributed by atoms with Gasteiger partial charge in [-0.2, -0.15) is 10.2 Å². The molecule has 11 heteroatoms. The van der Waals surface area contributed by atoms with Crippen molar-refractivity contribution >= 4 is 29.2 Å². The largest absolute Gasteiger partial charge is 0.474 e. The Hall–Kier alpha value is -4.27. The Labute approximate surface area is 259 Å². The van der Waals surface area contributed by atoms with E-state index in [-0.39, 0.29) is 23.0 Å². The maximum atomic E-state index is 13.1. The Morgan fingerprint density at radius 3 is 2.48 bits per heavy atom. The molecular weight excluding hydrogens is 556 g/mol. The van der Waals surface area contributed by atoms with Crippen LogP contribution in [0, 0.1) is 11.3 Å². The summed E-state index contributed by atoms with van der Waals surface area (Å²) in [6, 6.07) is 12.0. The number of benzene rings is 1. The lowest BCUT2D eigenvalue weighted by molar-refractivity contribution is -0.132. The van der Waals surface area contributed by atoms with Gasteiger partial charge in [0, 0.05) is 47.2 Å². The number of carbonyl (C=O) groups is 1. The van der Waals surface area contributed by atoms with Crippen molar-refractivity contribution in [1.82, 2.24) is 19.9 Å². The zero-order valence-electron chi connectivity index (χ0n) is 26.9. The highest BCUT2D eigenvalue weighted by atomic mass is 16.5. The standard InChI is InChI=1S/C33H42N8O3/c1-31(2)16-23(17-32(3,4)40(31)7)37-27-22(18-34)20-36-30(39-27)38-25-12-10-9-11-24(25)21-15-26-28(35-19-21)41(13-14-43-8)29(42)33(5,6)44-26/h9-12,15,19-20,23H,13-14,16-17H2,1-8H3,(H2,36,37,38,39). The molecule has 0 aliphatic carbocycles. The SMILES string of the molecule is COCCN1C(=O)C(C)(C)Oc2cc(-c3ccccc3Nc3ncc(C#N)c(NC4CC(C)(C)N(C)C(C)(C)C4)n3)cnc21. The van der Waals surface area contributed by atoms with Gasteiger partial charge >= 0.3 is 0 Å². The first kappa shape index (κ1) is 31.2. The van der Waals surface area contributed by atoms with Crippen molar-refractivity contribution in [2.75, 3.05) is 42.8 Å². The summed E-state index contributed by atoms with van der Waals surface area (Å²) in [7, 11) is 3.77. The van der Waals surface area contributed by atoms with Gasteiger partial charge in [0.05, 0.1) is 19.3 Å². The summed E-state index contributed by atoms with van der Waals surface area (Å²) in [6.07, 6.45) is 5.09. The Morgan fingerprint density at radius 1 is 1.09 bits per heavy atom. The number of aromatic nitrogens is 3. The molecule has 0 atom stereocenters. The fourth-order valence-corrected chi connectivity index (χ4v) is 6.26. The molecule has 0 unspecified atom stereocenters. The maximum absolute atomic E-state index is 13.1. The smallest absolute Gasteiger partial charge is 0.271 e. The Morgan fingerprint density at radius 2 is 1.80 bits per heavy atom. The molecule has 2 aliphatic heterocycles. The molecule has 0 saturated carbocycles. The lowest BCUT2D eigenvalue weighted by Crippen LogP contribution is -2.61. The molecule has 2 aromatic heterocycles. The molecule has 0 bridgehead atoms. The van der Waals surface area contributed by atoms with E-state index in [9.17, 15) is 10.1 Å². The monoisotopic (exact) mass is 598 g/mol. The summed E-state index contributed by atoms with van der Waals surface area (Å²) in [4.78, 5) is 30.9. The van der Waals surface area contributed by atoms with Crippen molar-refractivity contribution in [2.45, 2.75) is 77.1 Å². The predicted octanol–water partition coefficient (Wildman–Crippen LogP) is 5.37. The van der Waals surface area contributed by atoms with Gasteiger partial charge in [0.15, 0.2) is 17.2 Å². The van der Waals surface area contributed by atoms with E-state index in [4.69, 9.17) is 14.5 Å². The second kappa shape index (κ2) is 11.7. The summed E-state index contributed by atoms with van der Waals surface area (Å²) in [5.41, 5.74) is 1.72. The Balaban J connectivity index is 1.43. The van der Waals surface area contributed by atoms with Crippen LogP contribution in [0.2, 0.25) is 0 Å². The van der Waals surface area contributed by atoms with E-state index in [2.05, 4.69) is 66.3 Å². The van der Waals surface area contributed by atoms with Gasteiger partial charge in [-0.25, -0.2) is 9.97 Å². The molecule has 1 saturated heterocycles. The molecule has 1 fully saturated rings. The van der Waals surface area contributed by atoms with Crippen LogP contribution in [0.3, 0.4) is 0 Å². The lowest BCUT2D eigenvalue weighted by Gasteiger charge is -2.53. The maximum Gasteiger partial charge on any atom is 0.271 e. The topological polar surface area (TPSA) is 129 Å². The summed E-state index contributed by atoms with van der Waals surface area (Å²) < 4.78 is 11.4. The number of fused-ring (bicyclic) bond motifs is 1. The molecule has 5 rings (SSSR count). The molecule has 2 N–H and O–H groups in total. The van der Waals surface area contributed by atoms with E-state index in [0.29, 0.717) is 42.0 Å². The predicted molar refractivity (Wildman–Crippen MR) is 171 cm³/mol. The van der Waals surface area contributed by atoms with Crippen LogP contribution in [-0.4, -0.2) is 75.8 Å². The molecule has 1 amide bonds. The number of nitrogens with one attached hydrogen (secondary N) is 2. The number of anilines is 4. The third-order valence-corrected chi connectivity index (χ3v) is 8.78. The number of ether oxygens (including phenoxy) is 2. The number of pyridine rings is 1. The van der Waals surface area contributed by atoms with Crippen molar-refractivity contribution in [2.24, 2.45) is 0 Å². The molecule has 232 valence electrons. The number of carbonyl (C=O) groups excluding carboxylic acids is 1. The van der Waals surface area contributed by atoms with Crippen LogP contribution in [0.15, 0.2) is 42.7 Å². The van der Waals surface area contributed by atoms with Gasteiger partial charge in [0.2, 0.25) is 5.95 Å². The molecule has 2 aliphatic rings. The number of para-hydroxylation sites is 1. The number of hydrogen-bond acceptors (Lipinski definition) is 10. The highest BCUT2D eigenvalue weighted by molar-refractivity contribution is 6.01. The number of likely N-dealkylation sites (tertiary alicyclic amines) is 1. The zero-order chi connectivity index (χ0) is 31.9. The normalized spacial score (nSPS) is 19.1. The van der Waals surface area contributed by atoms with E-state index in [0.717, 1.165) is 29.7 Å². The fourth-order valence-electron chi connectivity index (χ4n) is 6.26. The summed E-state index contributed by atoms with van der Waals surface area (Å²) in [5, 5.41) is 16.7. The zero-order valence-corrected chi connectivity index (χ0v) is 26.9. The number of nitrogens with zero attached hydrogens (tertiary/aromatic N) is 6. The molecule has 0 spiro atoms.